The van der Waals surface area contributed by atoms with Gasteiger partial charge in [-0.1, -0.05) is 5.16 Å². The molecule has 0 radical (unpaired) electrons. The smallest absolute Gasteiger partial charge is 0.271 e. The fraction of sp³-hybridized carbons (Fsp3) is 0.429. The number of carbonyl (C=O) groups excluding carboxylic acids is 1. The van der Waals surface area contributed by atoms with Crippen molar-refractivity contribution in [3.63, 3.8) is 0 Å². The van der Waals surface area contributed by atoms with E-state index in [4.69, 9.17) is 5.73 Å². The summed E-state index contributed by atoms with van der Waals surface area (Å²) >= 11 is 0. The fourth-order valence-electron chi connectivity index (χ4n) is 1.12. The van der Waals surface area contributed by atoms with E-state index in [0.29, 0.717) is 11.6 Å². The van der Waals surface area contributed by atoms with Crippen LogP contribution in [0.15, 0.2) is 10.8 Å². The van der Waals surface area contributed by atoms with E-state index in [0.717, 1.165) is 18.4 Å². The van der Waals surface area contributed by atoms with Crippen LogP contribution in [0.2, 0.25) is 0 Å². The highest BCUT2D eigenvalue weighted by Crippen LogP contribution is 2.41. The van der Waals surface area contributed by atoms with Crippen LogP contribution in [0.4, 0.5) is 0 Å². The Kier molecular flexibility index (Phi) is 1.21. The summed E-state index contributed by atoms with van der Waals surface area (Å²) in [6.07, 6.45) is 3.74. The molecule has 1 aromatic heterocycles. The molecule has 0 unspecified atom stereocenters. The van der Waals surface area contributed by atoms with Crippen LogP contribution in [0, 0.1) is 0 Å². The summed E-state index contributed by atoms with van der Waals surface area (Å²) in [4.78, 5) is 10.7. The quantitative estimate of drug-likeness (QED) is 0.676. The zero-order valence-corrected chi connectivity index (χ0v) is 5.91. The zero-order valence-electron chi connectivity index (χ0n) is 5.91. The van der Waals surface area contributed by atoms with Crippen molar-refractivity contribution in [1.82, 2.24) is 5.16 Å². The van der Waals surface area contributed by atoms with Crippen molar-refractivity contribution < 1.29 is 9.32 Å². The molecule has 0 saturated heterocycles. The number of primary amides is 1. The number of nitrogens with zero attached hydrogens (tertiary/aromatic N) is 1. The Labute approximate surface area is 63.4 Å². The molecule has 11 heavy (non-hydrogen) atoms. The van der Waals surface area contributed by atoms with Gasteiger partial charge in [0.1, 0.15) is 6.26 Å². The van der Waals surface area contributed by atoms with Gasteiger partial charge in [-0.15, -0.1) is 0 Å². The van der Waals surface area contributed by atoms with Crippen LogP contribution in [0.5, 0.6) is 0 Å². The molecule has 0 aromatic carbocycles. The minimum absolute atomic E-state index is 0.299. The lowest BCUT2D eigenvalue weighted by Gasteiger charge is -1.90. The molecule has 1 aromatic rings. The number of hydrogen-bond acceptors (Lipinski definition) is 3. The maximum Gasteiger partial charge on any atom is 0.271 e. The Morgan fingerprint density at radius 3 is 3.00 bits per heavy atom. The third kappa shape index (κ3) is 1.00. The molecule has 2 N–H and O–H groups in total. The van der Waals surface area contributed by atoms with E-state index in [9.17, 15) is 4.79 Å². The van der Waals surface area contributed by atoms with Crippen molar-refractivity contribution in [3.8, 4) is 0 Å². The van der Waals surface area contributed by atoms with Crippen LogP contribution in [0.1, 0.15) is 34.8 Å². The van der Waals surface area contributed by atoms with Crippen LogP contribution in [0.25, 0.3) is 0 Å². The van der Waals surface area contributed by atoms with Gasteiger partial charge in [0.15, 0.2) is 5.69 Å². The van der Waals surface area contributed by atoms with Gasteiger partial charge in [0.2, 0.25) is 0 Å². The Bertz CT molecular complexity index is 288. The van der Waals surface area contributed by atoms with E-state index in [1.165, 1.54) is 6.26 Å². The maximum atomic E-state index is 10.7. The lowest BCUT2D eigenvalue weighted by atomic mass is 10.1. The molecule has 0 bridgehead atoms. The second-order valence-electron chi connectivity index (χ2n) is 2.76. The molecule has 1 aliphatic rings. The van der Waals surface area contributed by atoms with E-state index in [2.05, 4.69) is 9.68 Å². The largest absolute Gasteiger partial charge is 0.364 e. The van der Waals surface area contributed by atoms with Crippen molar-refractivity contribution in [2.24, 2.45) is 5.73 Å². The SMILES string of the molecule is NC(=O)c1nocc1C1CC1. The number of carbonyl (C=O) groups is 1. The molecule has 2 rings (SSSR count). The van der Waals surface area contributed by atoms with Gasteiger partial charge in [-0.2, -0.15) is 0 Å². The van der Waals surface area contributed by atoms with Crippen LogP contribution >= 0.6 is 0 Å². The monoisotopic (exact) mass is 152 g/mol. The minimum atomic E-state index is -0.499. The summed E-state index contributed by atoms with van der Waals surface area (Å²) in [5.74, 6) is -0.0376. The minimum Gasteiger partial charge on any atom is -0.364 e. The molecule has 0 atom stereocenters. The third-order valence-corrected chi connectivity index (χ3v) is 1.85. The number of amides is 1. The normalized spacial score (nSPS) is 16.7. The predicted molar refractivity (Wildman–Crippen MR) is 37.0 cm³/mol. The highest BCUT2D eigenvalue weighted by atomic mass is 16.5. The molecule has 58 valence electrons. The van der Waals surface area contributed by atoms with Crippen molar-refractivity contribution in [1.29, 1.82) is 0 Å². The second-order valence-corrected chi connectivity index (χ2v) is 2.76. The molecule has 1 aliphatic carbocycles. The molecule has 0 aliphatic heterocycles. The summed E-state index contributed by atoms with van der Waals surface area (Å²) < 4.78 is 4.66. The lowest BCUT2D eigenvalue weighted by molar-refractivity contribution is 0.0991. The summed E-state index contributed by atoms with van der Waals surface area (Å²) in [6, 6.07) is 0. The summed E-state index contributed by atoms with van der Waals surface area (Å²) in [7, 11) is 0. The van der Waals surface area contributed by atoms with Gasteiger partial charge in [0, 0.05) is 5.56 Å². The number of rotatable bonds is 2. The molecule has 1 amide bonds. The van der Waals surface area contributed by atoms with Crippen molar-refractivity contribution in [2.75, 3.05) is 0 Å². The Morgan fingerprint density at radius 2 is 2.45 bits per heavy atom. The van der Waals surface area contributed by atoms with Gasteiger partial charge in [0.25, 0.3) is 5.91 Å². The Balaban J connectivity index is 2.37. The lowest BCUT2D eigenvalue weighted by Crippen LogP contribution is -2.13. The van der Waals surface area contributed by atoms with Crippen LogP contribution in [0.3, 0.4) is 0 Å². The number of hydrogen-bond donors (Lipinski definition) is 1. The van der Waals surface area contributed by atoms with Crippen molar-refractivity contribution >= 4 is 5.91 Å². The summed E-state index contributed by atoms with van der Waals surface area (Å²) in [6.45, 7) is 0. The highest BCUT2D eigenvalue weighted by Gasteiger charge is 2.30. The van der Waals surface area contributed by atoms with E-state index < -0.39 is 5.91 Å². The first kappa shape index (κ1) is 6.39. The van der Waals surface area contributed by atoms with Gasteiger partial charge >= 0.3 is 0 Å². The predicted octanol–water partition coefficient (Wildman–Crippen LogP) is 0.651. The van der Waals surface area contributed by atoms with Gasteiger partial charge in [-0.05, 0) is 18.8 Å². The standard InChI is InChI=1S/C7H8N2O2/c8-7(10)6-5(3-11-9-6)4-1-2-4/h3-4H,1-2H2,(H2,8,10). The molecule has 1 heterocycles. The average Bonchev–Trinajstić information content (AvgIpc) is 2.68. The van der Waals surface area contributed by atoms with Crippen LogP contribution in [-0.2, 0) is 0 Å². The third-order valence-electron chi connectivity index (χ3n) is 1.85. The highest BCUT2D eigenvalue weighted by molar-refractivity contribution is 5.92. The van der Waals surface area contributed by atoms with Crippen LogP contribution < -0.4 is 5.73 Å². The average molecular weight is 152 g/mol. The maximum absolute atomic E-state index is 10.7. The van der Waals surface area contributed by atoms with E-state index in [-0.39, 0.29) is 0 Å². The number of nitrogens with two attached hydrogens (primary N) is 1. The summed E-state index contributed by atoms with van der Waals surface area (Å²) in [5, 5.41) is 3.53. The molecule has 1 saturated carbocycles. The molecule has 4 heteroatoms. The van der Waals surface area contributed by atoms with E-state index in [1.807, 2.05) is 0 Å². The van der Waals surface area contributed by atoms with Crippen LogP contribution in [-0.4, -0.2) is 11.1 Å². The van der Waals surface area contributed by atoms with Gasteiger partial charge in [0.05, 0.1) is 0 Å². The molecular weight excluding hydrogens is 144 g/mol. The number of aromatic nitrogens is 1. The Morgan fingerprint density at radius 1 is 1.73 bits per heavy atom. The molecular formula is C7H8N2O2. The first-order valence-electron chi connectivity index (χ1n) is 3.53. The van der Waals surface area contributed by atoms with Gasteiger partial charge < -0.3 is 10.3 Å². The van der Waals surface area contributed by atoms with Gasteiger partial charge in [-0.3, -0.25) is 4.79 Å². The fourth-order valence-corrected chi connectivity index (χ4v) is 1.12. The second kappa shape index (κ2) is 2.08. The van der Waals surface area contributed by atoms with E-state index in [1.54, 1.807) is 0 Å². The molecule has 4 nitrogen and oxygen atoms in total. The van der Waals surface area contributed by atoms with Gasteiger partial charge in [-0.25, -0.2) is 0 Å². The first-order chi connectivity index (χ1) is 5.29. The van der Waals surface area contributed by atoms with Crippen molar-refractivity contribution in [3.05, 3.63) is 17.5 Å². The zero-order chi connectivity index (χ0) is 7.84. The Hall–Kier alpha value is -1.32. The first-order valence-corrected chi connectivity index (χ1v) is 3.53. The van der Waals surface area contributed by atoms with E-state index >= 15 is 0 Å². The molecule has 1 fully saturated rings. The molecule has 0 spiro atoms. The summed E-state index contributed by atoms with van der Waals surface area (Å²) in [5.41, 5.74) is 6.23. The topological polar surface area (TPSA) is 69.1 Å². The van der Waals surface area contributed by atoms with Crippen molar-refractivity contribution in [2.45, 2.75) is 18.8 Å².